The first kappa shape index (κ1) is 13.5. The molecule has 0 aliphatic rings. The summed E-state index contributed by atoms with van der Waals surface area (Å²) in [6.07, 6.45) is 1.01. The van der Waals surface area contributed by atoms with Gasteiger partial charge in [0.05, 0.1) is 13.7 Å². The molecule has 17 heavy (non-hydrogen) atoms. The zero-order chi connectivity index (χ0) is 12.7. The Hall–Kier alpha value is -1.55. The van der Waals surface area contributed by atoms with Gasteiger partial charge in [-0.25, -0.2) is 0 Å². The van der Waals surface area contributed by atoms with Gasteiger partial charge in [-0.05, 0) is 19.4 Å². The van der Waals surface area contributed by atoms with Crippen LogP contribution in [0.2, 0.25) is 0 Å². The lowest BCUT2D eigenvalue weighted by atomic mass is 10.1. The molecule has 0 radical (unpaired) electrons. The smallest absolute Gasteiger partial charge is 0.305 e. The lowest BCUT2D eigenvalue weighted by Gasteiger charge is -2.13. The summed E-state index contributed by atoms with van der Waals surface area (Å²) >= 11 is 0. The topological polar surface area (TPSA) is 61.5 Å². The highest BCUT2D eigenvalue weighted by atomic mass is 16.5. The Morgan fingerprint density at radius 2 is 2.12 bits per heavy atom. The third kappa shape index (κ3) is 4.44. The van der Waals surface area contributed by atoms with Gasteiger partial charge in [-0.1, -0.05) is 18.2 Å². The highest BCUT2D eigenvalue weighted by Crippen LogP contribution is 2.23. The monoisotopic (exact) mass is 237 g/mol. The molecule has 4 heteroatoms. The fourth-order valence-corrected chi connectivity index (χ4v) is 1.49. The van der Waals surface area contributed by atoms with E-state index >= 15 is 0 Å². The zero-order valence-electron chi connectivity index (χ0n) is 10.3. The average molecular weight is 237 g/mol. The van der Waals surface area contributed by atoms with Gasteiger partial charge < -0.3 is 15.2 Å². The van der Waals surface area contributed by atoms with E-state index in [0.717, 1.165) is 11.3 Å². The molecule has 0 heterocycles. The van der Waals surface area contributed by atoms with E-state index in [9.17, 15) is 4.79 Å². The predicted octanol–water partition coefficient (Wildman–Crippen LogP) is 2.04. The van der Waals surface area contributed by atoms with Crippen molar-refractivity contribution in [3.05, 3.63) is 29.8 Å². The van der Waals surface area contributed by atoms with Crippen LogP contribution in [0.25, 0.3) is 0 Å². The summed E-state index contributed by atoms with van der Waals surface area (Å²) in [6, 6.07) is 7.60. The number of carbonyl (C=O) groups is 1. The van der Waals surface area contributed by atoms with E-state index in [1.54, 1.807) is 0 Å². The fourth-order valence-electron chi connectivity index (χ4n) is 1.49. The molecule has 1 aromatic carbocycles. The first-order chi connectivity index (χ1) is 8.15. The summed E-state index contributed by atoms with van der Waals surface area (Å²) in [7, 11) is 1.38. The van der Waals surface area contributed by atoms with Crippen LogP contribution in [-0.2, 0) is 9.53 Å². The number of nitrogens with two attached hydrogens (primary N) is 1. The van der Waals surface area contributed by atoms with E-state index in [-0.39, 0.29) is 12.0 Å². The van der Waals surface area contributed by atoms with Crippen LogP contribution in [0.4, 0.5) is 0 Å². The lowest BCUT2D eigenvalue weighted by Crippen LogP contribution is -2.09. The summed E-state index contributed by atoms with van der Waals surface area (Å²) in [6.45, 7) is 2.40. The summed E-state index contributed by atoms with van der Waals surface area (Å²) in [5.74, 6) is 0.571. The van der Waals surface area contributed by atoms with Gasteiger partial charge in [-0.15, -0.1) is 0 Å². The quantitative estimate of drug-likeness (QED) is 0.607. The molecule has 94 valence electrons. The van der Waals surface area contributed by atoms with Crippen molar-refractivity contribution < 1.29 is 14.3 Å². The number of carbonyl (C=O) groups excluding carboxylic acids is 1. The Balaban J connectivity index is 2.44. The van der Waals surface area contributed by atoms with Gasteiger partial charge in [0.1, 0.15) is 5.75 Å². The van der Waals surface area contributed by atoms with Gasteiger partial charge in [0, 0.05) is 18.0 Å². The van der Waals surface area contributed by atoms with Crippen LogP contribution in [0.5, 0.6) is 5.75 Å². The maximum absolute atomic E-state index is 10.9. The SMILES string of the molecule is COC(=O)CCCOc1ccccc1[C@H](C)N. The molecule has 0 saturated heterocycles. The van der Waals surface area contributed by atoms with E-state index in [1.807, 2.05) is 31.2 Å². The van der Waals surface area contributed by atoms with Gasteiger partial charge in [-0.3, -0.25) is 4.79 Å². The molecular formula is C13H19NO3. The maximum atomic E-state index is 10.9. The van der Waals surface area contributed by atoms with Crippen molar-refractivity contribution in [2.24, 2.45) is 5.73 Å². The molecule has 0 fully saturated rings. The minimum Gasteiger partial charge on any atom is -0.493 e. The standard InChI is InChI=1S/C13H19NO3/c1-10(14)11-6-3-4-7-12(11)17-9-5-8-13(15)16-2/h3-4,6-7,10H,5,8-9,14H2,1-2H3/t10-/m0/s1. The van der Waals surface area contributed by atoms with E-state index in [0.29, 0.717) is 19.4 Å². The van der Waals surface area contributed by atoms with Crippen molar-refractivity contribution >= 4 is 5.97 Å². The van der Waals surface area contributed by atoms with Crippen molar-refractivity contribution in [2.75, 3.05) is 13.7 Å². The highest BCUT2D eigenvalue weighted by Gasteiger charge is 2.07. The number of para-hydroxylation sites is 1. The molecule has 0 saturated carbocycles. The highest BCUT2D eigenvalue weighted by molar-refractivity contribution is 5.69. The Morgan fingerprint density at radius 1 is 1.41 bits per heavy atom. The fraction of sp³-hybridized carbons (Fsp3) is 0.462. The average Bonchev–Trinajstić information content (AvgIpc) is 2.34. The van der Waals surface area contributed by atoms with Crippen LogP contribution in [0, 0.1) is 0 Å². The second-order valence-electron chi connectivity index (χ2n) is 3.85. The van der Waals surface area contributed by atoms with Crippen molar-refractivity contribution in [1.82, 2.24) is 0 Å². The molecule has 1 aromatic rings. The largest absolute Gasteiger partial charge is 0.493 e. The molecule has 1 atom stereocenters. The Labute approximate surface area is 102 Å². The number of rotatable bonds is 6. The molecular weight excluding hydrogens is 218 g/mol. The summed E-state index contributed by atoms with van der Waals surface area (Å²) < 4.78 is 10.2. The second-order valence-corrected chi connectivity index (χ2v) is 3.85. The summed E-state index contributed by atoms with van der Waals surface area (Å²) in [5, 5.41) is 0. The van der Waals surface area contributed by atoms with E-state index in [1.165, 1.54) is 7.11 Å². The Morgan fingerprint density at radius 3 is 2.76 bits per heavy atom. The minimum atomic E-state index is -0.214. The third-order valence-corrected chi connectivity index (χ3v) is 2.42. The summed E-state index contributed by atoms with van der Waals surface area (Å²) in [4.78, 5) is 10.9. The lowest BCUT2D eigenvalue weighted by molar-refractivity contribution is -0.140. The Kier molecular flexibility index (Phi) is 5.49. The third-order valence-electron chi connectivity index (χ3n) is 2.42. The zero-order valence-corrected chi connectivity index (χ0v) is 10.3. The Bertz CT molecular complexity index is 363. The van der Waals surface area contributed by atoms with E-state index < -0.39 is 0 Å². The number of esters is 1. The van der Waals surface area contributed by atoms with Gasteiger partial charge in [0.15, 0.2) is 0 Å². The maximum Gasteiger partial charge on any atom is 0.305 e. The number of methoxy groups -OCH3 is 1. The van der Waals surface area contributed by atoms with Gasteiger partial charge in [-0.2, -0.15) is 0 Å². The number of hydrogen-bond acceptors (Lipinski definition) is 4. The molecule has 1 rings (SSSR count). The minimum absolute atomic E-state index is 0.0631. The van der Waals surface area contributed by atoms with E-state index in [2.05, 4.69) is 4.74 Å². The van der Waals surface area contributed by atoms with Crippen molar-refractivity contribution in [2.45, 2.75) is 25.8 Å². The molecule has 0 aliphatic carbocycles. The van der Waals surface area contributed by atoms with Crippen LogP contribution in [0.15, 0.2) is 24.3 Å². The second kappa shape index (κ2) is 6.91. The number of ether oxygens (including phenoxy) is 2. The van der Waals surface area contributed by atoms with Crippen molar-refractivity contribution in [1.29, 1.82) is 0 Å². The van der Waals surface area contributed by atoms with Gasteiger partial charge in [0.25, 0.3) is 0 Å². The van der Waals surface area contributed by atoms with Crippen LogP contribution < -0.4 is 10.5 Å². The van der Waals surface area contributed by atoms with Crippen molar-refractivity contribution in [3.8, 4) is 5.75 Å². The van der Waals surface area contributed by atoms with Crippen LogP contribution in [-0.4, -0.2) is 19.7 Å². The van der Waals surface area contributed by atoms with Crippen LogP contribution in [0.3, 0.4) is 0 Å². The number of benzene rings is 1. The van der Waals surface area contributed by atoms with Gasteiger partial charge in [0.2, 0.25) is 0 Å². The van der Waals surface area contributed by atoms with E-state index in [4.69, 9.17) is 10.5 Å². The number of hydrogen-bond donors (Lipinski definition) is 1. The molecule has 0 unspecified atom stereocenters. The summed E-state index contributed by atoms with van der Waals surface area (Å²) in [5.41, 5.74) is 6.81. The van der Waals surface area contributed by atoms with Gasteiger partial charge >= 0.3 is 5.97 Å². The first-order valence-electron chi connectivity index (χ1n) is 5.69. The predicted molar refractivity (Wildman–Crippen MR) is 65.8 cm³/mol. The molecule has 2 N–H and O–H groups in total. The molecule has 0 spiro atoms. The molecule has 4 nitrogen and oxygen atoms in total. The first-order valence-corrected chi connectivity index (χ1v) is 5.69. The normalized spacial score (nSPS) is 11.9. The molecule has 0 amide bonds. The van der Waals surface area contributed by atoms with Crippen molar-refractivity contribution in [3.63, 3.8) is 0 Å². The van der Waals surface area contributed by atoms with Crippen LogP contribution in [0.1, 0.15) is 31.4 Å². The van der Waals surface area contributed by atoms with Crippen LogP contribution >= 0.6 is 0 Å². The molecule has 0 aliphatic heterocycles. The molecule has 0 aromatic heterocycles. The molecule has 0 bridgehead atoms.